The summed E-state index contributed by atoms with van der Waals surface area (Å²) in [4.78, 5) is 39.4. The molecule has 0 saturated carbocycles. The van der Waals surface area contributed by atoms with Crippen LogP contribution in [0, 0.1) is 0 Å². The van der Waals surface area contributed by atoms with Crippen LogP contribution in [0.15, 0.2) is 47.4 Å². The summed E-state index contributed by atoms with van der Waals surface area (Å²) in [6.45, 7) is 5.17. The van der Waals surface area contributed by atoms with Crippen LogP contribution in [0.25, 0.3) is 0 Å². The van der Waals surface area contributed by atoms with Gasteiger partial charge < -0.3 is 15.2 Å². The molecular formula is C17H19N3O3. The first-order valence-electron chi connectivity index (χ1n) is 7.44. The van der Waals surface area contributed by atoms with Crippen LogP contribution in [0.4, 0.5) is 5.69 Å². The van der Waals surface area contributed by atoms with Gasteiger partial charge in [0.15, 0.2) is 0 Å². The van der Waals surface area contributed by atoms with E-state index in [-0.39, 0.29) is 17.4 Å². The summed E-state index contributed by atoms with van der Waals surface area (Å²) in [6.07, 6.45) is 1.36. The number of aromatic nitrogens is 1. The number of carbonyl (C=O) groups is 2. The maximum absolute atomic E-state index is 12.2. The Morgan fingerprint density at radius 2 is 1.61 bits per heavy atom. The van der Waals surface area contributed by atoms with Crippen LogP contribution < -0.4 is 10.9 Å². The van der Waals surface area contributed by atoms with E-state index in [1.807, 2.05) is 13.8 Å². The second-order valence-electron chi connectivity index (χ2n) is 4.95. The molecule has 0 aliphatic heterocycles. The lowest BCUT2D eigenvalue weighted by Gasteiger charge is -2.18. The Labute approximate surface area is 134 Å². The van der Waals surface area contributed by atoms with Gasteiger partial charge in [-0.3, -0.25) is 14.4 Å². The highest BCUT2D eigenvalue weighted by atomic mass is 16.2. The van der Waals surface area contributed by atoms with Crippen molar-refractivity contribution >= 4 is 17.5 Å². The summed E-state index contributed by atoms with van der Waals surface area (Å²) in [5.74, 6) is -0.363. The van der Waals surface area contributed by atoms with E-state index < -0.39 is 0 Å². The minimum absolute atomic E-state index is 0.0338. The Kier molecular flexibility index (Phi) is 5.30. The molecule has 0 aliphatic carbocycles. The van der Waals surface area contributed by atoms with Gasteiger partial charge in [0.1, 0.15) is 0 Å². The van der Waals surface area contributed by atoms with Crippen LogP contribution in [0.1, 0.15) is 34.6 Å². The molecule has 0 spiro atoms. The molecular weight excluding hydrogens is 294 g/mol. The smallest absolute Gasteiger partial charge is 0.257 e. The van der Waals surface area contributed by atoms with Crippen LogP contribution in [-0.2, 0) is 0 Å². The first kappa shape index (κ1) is 16.5. The van der Waals surface area contributed by atoms with Crippen LogP contribution in [0.2, 0.25) is 0 Å². The molecule has 2 N–H and O–H groups in total. The van der Waals surface area contributed by atoms with Gasteiger partial charge >= 0.3 is 0 Å². The standard InChI is InChI=1S/C17H19N3O3/c1-3-20(4-2)17(23)12-5-8-14(9-6-12)19-16(22)13-7-10-15(21)18-11-13/h5-11H,3-4H2,1-2H3,(H,18,21)(H,19,22). The Balaban J connectivity index is 2.08. The van der Waals surface area contributed by atoms with Crippen molar-refractivity contribution in [3.63, 3.8) is 0 Å². The number of nitrogens with one attached hydrogen (secondary N) is 2. The minimum atomic E-state index is -0.330. The molecule has 0 unspecified atom stereocenters. The molecule has 2 amide bonds. The van der Waals surface area contributed by atoms with Gasteiger partial charge in [0.05, 0.1) is 5.56 Å². The minimum Gasteiger partial charge on any atom is -0.339 e. The fraction of sp³-hybridized carbons (Fsp3) is 0.235. The quantitative estimate of drug-likeness (QED) is 0.887. The summed E-state index contributed by atoms with van der Waals surface area (Å²) >= 11 is 0. The predicted octanol–water partition coefficient (Wildman–Crippen LogP) is 2.11. The van der Waals surface area contributed by atoms with E-state index in [0.29, 0.717) is 29.9 Å². The van der Waals surface area contributed by atoms with Crippen molar-refractivity contribution in [2.75, 3.05) is 18.4 Å². The Hall–Kier alpha value is -2.89. The zero-order valence-corrected chi connectivity index (χ0v) is 13.1. The van der Waals surface area contributed by atoms with E-state index >= 15 is 0 Å². The van der Waals surface area contributed by atoms with Gasteiger partial charge in [0.25, 0.3) is 11.8 Å². The van der Waals surface area contributed by atoms with Gasteiger partial charge in [-0.25, -0.2) is 0 Å². The van der Waals surface area contributed by atoms with Gasteiger partial charge in [0, 0.05) is 36.6 Å². The fourth-order valence-electron chi connectivity index (χ4n) is 2.14. The highest BCUT2D eigenvalue weighted by Crippen LogP contribution is 2.12. The SMILES string of the molecule is CCN(CC)C(=O)c1ccc(NC(=O)c2ccc(=O)[nH]c2)cc1. The van der Waals surface area contributed by atoms with Gasteiger partial charge in [-0.15, -0.1) is 0 Å². The van der Waals surface area contributed by atoms with E-state index in [4.69, 9.17) is 0 Å². The average molecular weight is 313 g/mol. The third kappa shape index (κ3) is 4.06. The molecule has 0 saturated heterocycles. The molecule has 0 bridgehead atoms. The number of amides is 2. The van der Waals surface area contributed by atoms with Crippen LogP contribution in [-0.4, -0.2) is 34.8 Å². The topological polar surface area (TPSA) is 82.3 Å². The van der Waals surface area contributed by atoms with E-state index in [1.54, 1.807) is 29.2 Å². The summed E-state index contributed by atoms with van der Waals surface area (Å²) in [7, 11) is 0. The number of H-pyrrole nitrogens is 1. The number of hydrogen-bond acceptors (Lipinski definition) is 3. The van der Waals surface area contributed by atoms with Crippen molar-refractivity contribution in [2.24, 2.45) is 0 Å². The van der Waals surface area contributed by atoms with Gasteiger partial charge in [-0.2, -0.15) is 0 Å². The summed E-state index contributed by atoms with van der Waals surface area (Å²) < 4.78 is 0. The van der Waals surface area contributed by atoms with Crippen molar-refractivity contribution in [3.8, 4) is 0 Å². The van der Waals surface area contributed by atoms with Crippen molar-refractivity contribution in [1.29, 1.82) is 0 Å². The largest absolute Gasteiger partial charge is 0.339 e. The number of carbonyl (C=O) groups excluding carboxylic acids is 2. The van der Waals surface area contributed by atoms with Crippen molar-refractivity contribution in [1.82, 2.24) is 9.88 Å². The summed E-state index contributed by atoms with van der Waals surface area (Å²) in [6, 6.07) is 9.47. The molecule has 0 aliphatic rings. The number of benzene rings is 1. The van der Waals surface area contributed by atoms with E-state index in [2.05, 4.69) is 10.3 Å². The van der Waals surface area contributed by atoms with Crippen LogP contribution >= 0.6 is 0 Å². The third-order valence-electron chi connectivity index (χ3n) is 3.49. The molecule has 1 heterocycles. The molecule has 120 valence electrons. The van der Waals surface area contributed by atoms with Crippen LogP contribution in [0.5, 0.6) is 0 Å². The molecule has 2 aromatic rings. The molecule has 6 heteroatoms. The number of pyridine rings is 1. The first-order chi connectivity index (χ1) is 11.0. The van der Waals surface area contributed by atoms with Gasteiger partial charge in [-0.05, 0) is 44.2 Å². The number of aromatic amines is 1. The van der Waals surface area contributed by atoms with Gasteiger partial charge in [0.2, 0.25) is 5.56 Å². The summed E-state index contributed by atoms with van der Waals surface area (Å²) in [5.41, 5.74) is 1.25. The molecule has 0 atom stereocenters. The molecule has 0 fully saturated rings. The predicted molar refractivity (Wildman–Crippen MR) is 88.7 cm³/mol. The Morgan fingerprint density at radius 1 is 1.00 bits per heavy atom. The molecule has 1 aromatic heterocycles. The number of rotatable bonds is 5. The lowest BCUT2D eigenvalue weighted by Crippen LogP contribution is -2.30. The lowest BCUT2D eigenvalue weighted by atomic mass is 10.1. The van der Waals surface area contributed by atoms with E-state index in [0.717, 1.165) is 0 Å². The lowest BCUT2D eigenvalue weighted by molar-refractivity contribution is 0.0773. The van der Waals surface area contributed by atoms with Gasteiger partial charge in [-0.1, -0.05) is 0 Å². The van der Waals surface area contributed by atoms with Crippen molar-refractivity contribution in [2.45, 2.75) is 13.8 Å². The average Bonchev–Trinajstić information content (AvgIpc) is 2.57. The Bertz CT molecular complexity index is 726. The van der Waals surface area contributed by atoms with E-state index in [1.165, 1.54) is 18.3 Å². The highest BCUT2D eigenvalue weighted by molar-refractivity contribution is 6.04. The number of hydrogen-bond donors (Lipinski definition) is 2. The van der Waals surface area contributed by atoms with Crippen molar-refractivity contribution in [3.05, 3.63) is 64.1 Å². The highest BCUT2D eigenvalue weighted by Gasteiger charge is 2.12. The normalized spacial score (nSPS) is 10.2. The van der Waals surface area contributed by atoms with Crippen LogP contribution in [0.3, 0.4) is 0 Å². The number of anilines is 1. The zero-order chi connectivity index (χ0) is 16.8. The monoisotopic (exact) mass is 313 g/mol. The zero-order valence-electron chi connectivity index (χ0n) is 13.1. The van der Waals surface area contributed by atoms with Crippen molar-refractivity contribution < 1.29 is 9.59 Å². The molecule has 23 heavy (non-hydrogen) atoms. The number of nitrogens with zero attached hydrogens (tertiary/aromatic N) is 1. The second-order valence-corrected chi connectivity index (χ2v) is 4.95. The third-order valence-corrected chi connectivity index (χ3v) is 3.49. The van der Waals surface area contributed by atoms with E-state index in [9.17, 15) is 14.4 Å². The summed E-state index contributed by atoms with van der Waals surface area (Å²) in [5, 5.41) is 2.72. The molecule has 1 aromatic carbocycles. The molecule has 2 rings (SSSR count). The molecule has 6 nitrogen and oxygen atoms in total. The second kappa shape index (κ2) is 7.40. The maximum Gasteiger partial charge on any atom is 0.257 e. The first-order valence-corrected chi connectivity index (χ1v) is 7.44. The maximum atomic E-state index is 12.2. The Morgan fingerprint density at radius 3 is 2.13 bits per heavy atom. The fourth-order valence-corrected chi connectivity index (χ4v) is 2.14. The molecule has 0 radical (unpaired) electrons.